The summed E-state index contributed by atoms with van der Waals surface area (Å²) in [7, 11) is 0. The Morgan fingerprint density at radius 3 is 2.56 bits per heavy atom. The van der Waals surface area contributed by atoms with Crippen LogP contribution in [0.1, 0.15) is 17.9 Å². The molecule has 4 aromatic rings. The summed E-state index contributed by atoms with van der Waals surface area (Å²) < 4.78 is 34.0. The Morgan fingerprint density at radius 2 is 1.88 bits per heavy atom. The van der Waals surface area contributed by atoms with Crippen LogP contribution in [-0.4, -0.2) is 60.6 Å². The maximum Gasteiger partial charge on any atom is 0.333 e. The van der Waals surface area contributed by atoms with Crippen molar-refractivity contribution in [2.45, 2.75) is 13.0 Å². The minimum Gasteiger partial charge on any atom is -0.384 e. The highest BCUT2D eigenvalue weighted by Gasteiger charge is 2.23. The molecule has 0 atom stereocenters. The number of morpholine rings is 1. The molecule has 5 rings (SSSR count). The lowest BCUT2D eigenvalue weighted by atomic mass is 10.2. The van der Waals surface area contributed by atoms with Crippen LogP contribution < -0.4 is 16.4 Å². The monoisotopic (exact) mass is 442 g/mol. The lowest BCUT2D eigenvalue weighted by Crippen LogP contribution is -2.37. The van der Waals surface area contributed by atoms with Gasteiger partial charge in [0.05, 0.1) is 31.3 Å². The number of anilines is 3. The third-order valence-electron chi connectivity index (χ3n) is 5.14. The van der Waals surface area contributed by atoms with Gasteiger partial charge in [0, 0.05) is 25.7 Å². The molecule has 13 heteroatoms. The highest BCUT2D eigenvalue weighted by Crippen LogP contribution is 2.27. The van der Waals surface area contributed by atoms with Gasteiger partial charge < -0.3 is 21.1 Å². The molecular formula is C19H20F2N10O. The number of ether oxygens (including phenoxy) is 1. The quantitative estimate of drug-likeness (QED) is 0.469. The number of hydrogen-bond donors (Lipinski definition) is 2. The van der Waals surface area contributed by atoms with Crippen molar-refractivity contribution in [1.82, 2.24) is 34.3 Å². The second-order valence-electron chi connectivity index (χ2n) is 7.27. The van der Waals surface area contributed by atoms with Gasteiger partial charge in [0.2, 0.25) is 5.95 Å². The summed E-state index contributed by atoms with van der Waals surface area (Å²) in [5.74, 6) is 1.56. The fraction of sp³-hybridized carbons (Fsp3) is 0.316. The summed E-state index contributed by atoms with van der Waals surface area (Å²) in [6.45, 7) is -0.431. The van der Waals surface area contributed by atoms with Crippen LogP contribution >= 0.6 is 0 Å². The Labute approximate surface area is 180 Å². The van der Waals surface area contributed by atoms with E-state index in [2.05, 4.69) is 25.0 Å². The van der Waals surface area contributed by atoms with Gasteiger partial charge in [0.15, 0.2) is 17.0 Å². The molecule has 0 aromatic carbocycles. The summed E-state index contributed by atoms with van der Waals surface area (Å²) in [5, 5.41) is 3.76. The topological polar surface area (TPSA) is 139 Å². The molecule has 1 fully saturated rings. The number of nitrogens with zero attached hydrogens (tertiary/aromatic N) is 8. The number of rotatable bonds is 5. The van der Waals surface area contributed by atoms with Gasteiger partial charge in [-0.3, -0.25) is 4.57 Å². The van der Waals surface area contributed by atoms with Crippen molar-refractivity contribution in [1.29, 1.82) is 0 Å². The second-order valence-corrected chi connectivity index (χ2v) is 7.27. The second kappa shape index (κ2) is 8.00. The number of halogens is 2. The molecule has 0 saturated carbocycles. The molecule has 0 aliphatic carbocycles. The zero-order chi connectivity index (χ0) is 22.2. The Hall–Kier alpha value is -3.87. The first kappa shape index (κ1) is 20.1. The molecule has 166 valence electrons. The number of pyridine rings is 1. The molecule has 0 amide bonds. The number of nitrogens with two attached hydrogens (primary N) is 2. The van der Waals surface area contributed by atoms with Crippen molar-refractivity contribution in [2.24, 2.45) is 0 Å². The number of nitrogen functional groups attached to an aromatic ring is 2. The van der Waals surface area contributed by atoms with Gasteiger partial charge in [-0.05, 0) is 11.6 Å². The number of aromatic nitrogens is 7. The van der Waals surface area contributed by atoms with Crippen LogP contribution in [0.15, 0.2) is 30.7 Å². The van der Waals surface area contributed by atoms with E-state index in [1.54, 1.807) is 16.8 Å². The highest BCUT2D eigenvalue weighted by molar-refractivity contribution is 5.85. The van der Waals surface area contributed by atoms with Crippen LogP contribution in [0.2, 0.25) is 0 Å². The number of alkyl halides is 2. The molecule has 1 aliphatic heterocycles. The first-order valence-corrected chi connectivity index (χ1v) is 9.90. The van der Waals surface area contributed by atoms with Gasteiger partial charge in [-0.2, -0.15) is 23.8 Å². The van der Waals surface area contributed by atoms with Crippen LogP contribution in [0.3, 0.4) is 0 Å². The van der Waals surface area contributed by atoms with E-state index in [9.17, 15) is 8.78 Å². The van der Waals surface area contributed by atoms with Gasteiger partial charge in [-0.25, -0.2) is 14.6 Å². The van der Waals surface area contributed by atoms with Crippen LogP contribution in [0.25, 0.3) is 16.9 Å². The van der Waals surface area contributed by atoms with Crippen LogP contribution in [0.4, 0.5) is 26.4 Å². The van der Waals surface area contributed by atoms with E-state index in [-0.39, 0.29) is 5.82 Å². The third kappa shape index (κ3) is 3.66. The molecule has 0 unspecified atom stereocenters. The molecular weight excluding hydrogens is 422 g/mol. The average Bonchev–Trinajstić information content (AvgIpc) is 3.41. The SMILES string of the molecule is Nc1ccc(Cc2nc3c(N)nc(N4CCOCC4)nc3n2-c2cnn(C(F)F)c2)cn1. The van der Waals surface area contributed by atoms with E-state index in [0.29, 0.717) is 71.8 Å². The summed E-state index contributed by atoms with van der Waals surface area (Å²) in [6, 6.07) is 3.50. The first-order chi connectivity index (χ1) is 15.5. The van der Waals surface area contributed by atoms with Gasteiger partial charge in [0.25, 0.3) is 0 Å². The summed E-state index contributed by atoms with van der Waals surface area (Å²) in [4.78, 5) is 19.8. The molecule has 5 heterocycles. The Balaban J connectivity index is 1.66. The molecule has 0 spiro atoms. The summed E-state index contributed by atoms with van der Waals surface area (Å²) in [6.07, 6.45) is 4.56. The highest BCUT2D eigenvalue weighted by atomic mass is 19.3. The van der Waals surface area contributed by atoms with E-state index < -0.39 is 6.55 Å². The third-order valence-corrected chi connectivity index (χ3v) is 5.14. The zero-order valence-electron chi connectivity index (χ0n) is 16.9. The lowest BCUT2D eigenvalue weighted by Gasteiger charge is -2.26. The predicted molar refractivity (Wildman–Crippen MR) is 113 cm³/mol. The molecule has 0 radical (unpaired) electrons. The Kier molecular flexibility index (Phi) is 5.01. The van der Waals surface area contributed by atoms with Gasteiger partial charge in [0.1, 0.15) is 11.6 Å². The van der Waals surface area contributed by atoms with E-state index in [1.165, 1.54) is 12.4 Å². The Bertz CT molecular complexity index is 1250. The van der Waals surface area contributed by atoms with E-state index in [1.807, 2.05) is 11.0 Å². The van der Waals surface area contributed by atoms with Crippen molar-refractivity contribution in [3.63, 3.8) is 0 Å². The predicted octanol–water partition coefficient (Wildman–Crippen LogP) is 1.39. The molecule has 32 heavy (non-hydrogen) atoms. The summed E-state index contributed by atoms with van der Waals surface area (Å²) in [5.41, 5.74) is 13.9. The van der Waals surface area contributed by atoms with Crippen molar-refractivity contribution < 1.29 is 13.5 Å². The average molecular weight is 442 g/mol. The number of hydrogen-bond acceptors (Lipinski definition) is 9. The first-order valence-electron chi connectivity index (χ1n) is 9.90. The van der Waals surface area contributed by atoms with Gasteiger partial charge in [-0.15, -0.1) is 0 Å². The molecule has 1 saturated heterocycles. The molecule has 1 aliphatic rings. The fourth-order valence-corrected chi connectivity index (χ4v) is 3.58. The van der Waals surface area contributed by atoms with Crippen molar-refractivity contribution in [3.8, 4) is 5.69 Å². The minimum atomic E-state index is -2.77. The normalized spacial score (nSPS) is 14.5. The number of imidazole rings is 1. The standard InChI is InChI=1S/C19H20F2N10O/c20-18(21)30-10-12(9-25-30)31-14(7-11-1-2-13(22)24-8-11)26-15-16(23)27-19(28-17(15)31)29-3-5-32-6-4-29/h1-2,8-10,18H,3-7H2,(H2,22,24)(H2,23,27,28). The van der Waals surface area contributed by atoms with Crippen molar-refractivity contribution in [2.75, 3.05) is 42.7 Å². The van der Waals surface area contributed by atoms with E-state index >= 15 is 0 Å². The zero-order valence-corrected chi connectivity index (χ0v) is 16.9. The lowest BCUT2D eigenvalue weighted by molar-refractivity contribution is 0.0566. The summed E-state index contributed by atoms with van der Waals surface area (Å²) >= 11 is 0. The minimum absolute atomic E-state index is 0.202. The maximum absolute atomic E-state index is 13.2. The Morgan fingerprint density at radius 1 is 1.06 bits per heavy atom. The smallest absolute Gasteiger partial charge is 0.333 e. The van der Waals surface area contributed by atoms with Crippen molar-refractivity contribution >= 4 is 28.7 Å². The molecule has 0 bridgehead atoms. The van der Waals surface area contributed by atoms with Gasteiger partial charge >= 0.3 is 6.55 Å². The van der Waals surface area contributed by atoms with E-state index in [0.717, 1.165) is 5.56 Å². The van der Waals surface area contributed by atoms with Gasteiger partial charge in [-0.1, -0.05) is 6.07 Å². The largest absolute Gasteiger partial charge is 0.384 e. The maximum atomic E-state index is 13.2. The van der Waals surface area contributed by atoms with Crippen LogP contribution in [-0.2, 0) is 11.2 Å². The molecule has 4 N–H and O–H groups in total. The van der Waals surface area contributed by atoms with Crippen LogP contribution in [0, 0.1) is 0 Å². The molecule has 4 aromatic heterocycles. The van der Waals surface area contributed by atoms with Crippen molar-refractivity contribution in [3.05, 3.63) is 42.1 Å². The molecule has 11 nitrogen and oxygen atoms in total. The fourth-order valence-electron chi connectivity index (χ4n) is 3.58. The number of fused-ring (bicyclic) bond motifs is 1. The van der Waals surface area contributed by atoms with E-state index in [4.69, 9.17) is 16.2 Å². The van der Waals surface area contributed by atoms with Crippen LogP contribution in [0.5, 0.6) is 0 Å².